The number of carbonyl (C=O) groups is 1. The second-order valence-corrected chi connectivity index (χ2v) is 5.49. The molecule has 0 atom stereocenters. The van der Waals surface area contributed by atoms with Crippen molar-refractivity contribution in [1.29, 1.82) is 0 Å². The molecule has 0 bridgehead atoms. The Kier molecular flexibility index (Phi) is 4.18. The lowest BCUT2D eigenvalue weighted by atomic mass is 10.0. The lowest BCUT2D eigenvalue weighted by Crippen LogP contribution is -2.39. The van der Waals surface area contributed by atoms with E-state index in [0.717, 1.165) is 24.0 Å². The van der Waals surface area contributed by atoms with E-state index in [1.807, 2.05) is 26.0 Å². The first-order valence-corrected chi connectivity index (χ1v) is 6.67. The number of alkyl halides is 3. The van der Waals surface area contributed by atoms with Gasteiger partial charge < -0.3 is 0 Å². The molecule has 0 N–H and O–H groups in total. The van der Waals surface area contributed by atoms with Crippen LogP contribution in [0.3, 0.4) is 0 Å². The molecule has 1 aromatic carbocycles. The Morgan fingerprint density at radius 1 is 1.30 bits per heavy atom. The highest BCUT2D eigenvalue weighted by Crippen LogP contribution is 2.30. The molecule has 1 aliphatic carbocycles. The van der Waals surface area contributed by atoms with Crippen molar-refractivity contribution in [3.8, 4) is 0 Å². The van der Waals surface area contributed by atoms with E-state index in [2.05, 4.69) is 0 Å². The minimum Gasteiger partial charge on any atom is -0.293 e. The lowest BCUT2D eigenvalue weighted by Gasteiger charge is -2.22. The average molecular weight is 285 g/mol. The highest BCUT2D eigenvalue weighted by molar-refractivity contribution is 5.99. The topological polar surface area (TPSA) is 20.3 Å². The van der Waals surface area contributed by atoms with Gasteiger partial charge >= 0.3 is 6.18 Å². The first-order chi connectivity index (χ1) is 9.26. The SMILES string of the molecule is Cc1ccc(C(=O)CN(CC(F)(F)F)C2CC2)c(C)c1. The molecule has 0 radical (unpaired) electrons. The Balaban J connectivity index is 2.08. The Morgan fingerprint density at radius 2 is 1.95 bits per heavy atom. The van der Waals surface area contributed by atoms with E-state index in [-0.39, 0.29) is 18.4 Å². The highest BCUT2D eigenvalue weighted by atomic mass is 19.4. The predicted octanol–water partition coefficient (Wildman–Crippen LogP) is 3.51. The smallest absolute Gasteiger partial charge is 0.293 e. The van der Waals surface area contributed by atoms with Crippen LogP contribution in [0.25, 0.3) is 0 Å². The minimum atomic E-state index is -4.26. The van der Waals surface area contributed by atoms with E-state index >= 15 is 0 Å². The van der Waals surface area contributed by atoms with Crippen molar-refractivity contribution in [3.05, 3.63) is 34.9 Å². The van der Waals surface area contributed by atoms with Gasteiger partial charge in [-0.25, -0.2) is 0 Å². The van der Waals surface area contributed by atoms with Crippen molar-refractivity contribution in [3.63, 3.8) is 0 Å². The number of nitrogens with zero attached hydrogens (tertiary/aromatic N) is 1. The van der Waals surface area contributed by atoms with Crippen LogP contribution in [-0.4, -0.2) is 36.0 Å². The van der Waals surface area contributed by atoms with Crippen molar-refractivity contribution in [2.24, 2.45) is 0 Å². The van der Waals surface area contributed by atoms with E-state index in [4.69, 9.17) is 0 Å². The molecular formula is C15H18F3NO. The van der Waals surface area contributed by atoms with Crippen LogP contribution >= 0.6 is 0 Å². The van der Waals surface area contributed by atoms with Gasteiger partial charge in [0.05, 0.1) is 13.1 Å². The monoisotopic (exact) mass is 285 g/mol. The van der Waals surface area contributed by atoms with Crippen molar-refractivity contribution in [2.75, 3.05) is 13.1 Å². The third kappa shape index (κ3) is 4.07. The number of ketones is 1. The van der Waals surface area contributed by atoms with Crippen molar-refractivity contribution in [2.45, 2.75) is 38.9 Å². The molecular weight excluding hydrogens is 267 g/mol. The summed E-state index contributed by atoms with van der Waals surface area (Å²) in [5, 5.41) is 0. The second kappa shape index (κ2) is 5.56. The number of hydrogen-bond acceptors (Lipinski definition) is 2. The van der Waals surface area contributed by atoms with Gasteiger partial charge in [0, 0.05) is 11.6 Å². The van der Waals surface area contributed by atoms with Gasteiger partial charge in [0.2, 0.25) is 0 Å². The van der Waals surface area contributed by atoms with Gasteiger partial charge in [-0.3, -0.25) is 9.69 Å². The molecule has 0 unspecified atom stereocenters. The number of hydrogen-bond donors (Lipinski definition) is 0. The van der Waals surface area contributed by atoms with E-state index < -0.39 is 12.7 Å². The van der Waals surface area contributed by atoms with Crippen LogP contribution in [0.2, 0.25) is 0 Å². The summed E-state index contributed by atoms with van der Waals surface area (Å²) in [6, 6.07) is 5.29. The first kappa shape index (κ1) is 15.0. The summed E-state index contributed by atoms with van der Waals surface area (Å²) in [4.78, 5) is 13.4. The van der Waals surface area contributed by atoms with Crippen molar-refractivity contribution in [1.82, 2.24) is 4.90 Å². The second-order valence-electron chi connectivity index (χ2n) is 5.49. The summed E-state index contributed by atoms with van der Waals surface area (Å²) in [5.41, 5.74) is 2.37. The Hall–Kier alpha value is -1.36. The van der Waals surface area contributed by atoms with Gasteiger partial charge in [0.1, 0.15) is 0 Å². The standard InChI is InChI=1S/C15H18F3NO/c1-10-3-6-13(11(2)7-10)14(20)8-19(12-4-5-12)9-15(16,17)18/h3,6-7,12H,4-5,8-9H2,1-2H3. The Morgan fingerprint density at radius 3 is 2.45 bits per heavy atom. The molecule has 2 nitrogen and oxygen atoms in total. The molecule has 0 amide bonds. The van der Waals surface area contributed by atoms with Crippen molar-refractivity contribution < 1.29 is 18.0 Å². The average Bonchev–Trinajstić information content (AvgIpc) is 3.09. The maximum absolute atomic E-state index is 12.5. The number of Topliss-reactive ketones (excluding diaryl/α,β-unsaturated/α-hetero) is 1. The third-order valence-electron chi connectivity index (χ3n) is 3.47. The van der Waals surface area contributed by atoms with Gasteiger partial charge in [0.15, 0.2) is 5.78 Å². The zero-order chi connectivity index (χ0) is 14.9. The molecule has 2 rings (SSSR count). The normalized spacial score (nSPS) is 15.7. The molecule has 1 saturated carbocycles. The summed E-state index contributed by atoms with van der Waals surface area (Å²) >= 11 is 0. The summed E-state index contributed by atoms with van der Waals surface area (Å²) in [5.74, 6) is -0.237. The molecule has 0 heterocycles. The zero-order valence-electron chi connectivity index (χ0n) is 11.6. The fourth-order valence-corrected chi connectivity index (χ4v) is 2.38. The summed E-state index contributed by atoms with van der Waals surface area (Å²) < 4.78 is 37.6. The minimum absolute atomic E-state index is 0.0914. The zero-order valence-corrected chi connectivity index (χ0v) is 11.6. The quantitative estimate of drug-likeness (QED) is 0.772. The van der Waals surface area contributed by atoms with Gasteiger partial charge in [-0.1, -0.05) is 23.8 Å². The summed E-state index contributed by atoms with van der Waals surface area (Å²) in [6.07, 6.45) is -2.77. The molecule has 20 heavy (non-hydrogen) atoms. The first-order valence-electron chi connectivity index (χ1n) is 6.67. The Bertz CT molecular complexity index is 506. The lowest BCUT2D eigenvalue weighted by molar-refractivity contribution is -0.145. The molecule has 0 saturated heterocycles. The van der Waals surface area contributed by atoms with E-state index in [1.165, 1.54) is 4.90 Å². The maximum Gasteiger partial charge on any atom is 0.401 e. The van der Waals surface area contributed by atoms with Crippen LogP contribution in [0.5, 0.6) is 0 Å². The number of rotatable bonds is 5. The number of carbonyl (C=O) groups excluding carboxylic acids is 1. The van der Waals surface area contributed by atoms with Crippen molar-refractivity contribution >= 4 is 5.78 Å². The molecule has 5 heteroatoms. The van der Waals surface area contributed by atoms with E-state index in [0.29, 0.717) is 5.56 Å². The molecule has 1 fully saturated rings. The fourth-order valence-electron chi connectivity index (χ4n) is 2.38. The van der Waals surface area contributed by atoms with E-state index in [1.54, 1.807) is 6.07 Å². The summed E-state index contributed by atoms with van der Waals surface area (Å²) in [7, 11) is 0. The van der Waals surface area contributed by atoms with Gasteiger partial charge in [0.25, 0.3) is 0 Å². The maximum atomic E-state index is 12.5. The van der Waals surface area contributed by atoms with Crippen LogP contribution in [0.1, 0.15) is 34.3 Å². The molecule has 0 aliphatic heterocycles. The van der Waals surface area contributed by atoms with Crippen LogP contribution in [0, 0.1) is 13.8 Å². The predicted molar refractivity (Wildman–Crippen MR) is 70.9 cm³/mol. The van der Waals surface area contributed by atoms with E-state index in [9.17, 15) is 18.0 Å². The molecule has 0 spiro atoms. The Labute approximate surface area is 116 Å². The fraction of sp³-hybridized carbons (Fsp3) is 0.533. The van der Waals surface area contributed by atoms with Gasteiger partial charge in [-0.15, -0.1) is 0 Å². The molecule has 0 aromatic heterocycles. The summed E-state index contributed by atoms with van der Waals surface area (Å²) in [6.45, 7) is 2.56. The number of aryl methyl sites for hydroxylation is 2. The molecule has 1 aliphatic rings. The number of halogens is 3. The number of benzene rings is 1. The van der Waals surface area contributed by atoms with Crippen LogP contribution in [-0.2, 0) is 0 Å². The molecule has 1 aromatic rings. The van der Waals surface area contributed by atoms with Crippen LogP contribution in [0.15, 0.2) is 18.2 Å². The highest BCUT2D eigenvalue weighted by Gasteiger charge is 2.38. The van der Waals surface area contributed by atoms with Gasteiger partial charge in [-0.05, 0) is 32.3 Å². The largest absolute Gasteiger partial charge is 0.401 e. The van der Waals surface area contributed by atoms with Crippen LogP contribution < -0.4 is 0 Å². The third-order valence-corrected chi connectivity index (χ3v) is 3.47. The molecule has 110 valence electrons. The van der Waals surface area contributed by atoms with Crippen LogP contribution in [0.4, 0.5) is 13.2 Å². The van der Waals surface area contributed by atoms with Gasteiger partial charge in [-0.2, -0.15) is 13.2 Å².